The highest BCUT2D eigenvalue weighted by atomic mass is 35.5. The number of nitrogens with zero attached hydrogens (tertiary/aromatic N) is 2. The molecule has 120 valence electrons. The van der Waals surface area contributed by atoms with Gasteiger partial charge < -0.3 is 9.88 Å². The number of anilines is 1. The smallest absolute Gasteiger partial charge is 0.326 e. The number of amides is 1. The molecule has 23 heavy (non-hydrogen) atoms. The van der Waals surface area contributed by atoms with E-state index < -0.39 is 22.1 Å². The number of carbonyl (C=O) groups is 1. The number of hydrogen-bond donors (Lipinski definition) is 2. The number of aromatic nitrogens is 2. The molecule has 0 bridgehead atoms. The number of benzene rings is 1. The van der Waals surface area contributed by atoms with Gasteiger partial charge in [-0.3, -0.25) is 24.7 Å². The number of nitro groups is 1. The van der Waals surface area contributed by atoms with E-state index in [2.05, 4.69) is 10.3 Å². The molecule has 0 saturated carbocycles. The molecule has 0 aliphatic rings. The minimum Gasteiger partial charge on any atom is -0.326 e. The summed E-state index contributed by atoms with van der Waals surface area (Å²) in [4.78, 5) is 46.4. The first-order valence-corrected chi connectivity index (χ1v) is 6.78. The predicted octanol–water partition coefficient (Wildman–Crippen LogP) is 1.13. The maximum Gasteiger partial charge on any atom is 0.328 e. The Morgan fingerprint density at radius 1 is 1.35 bits per heavy atom. The van der Waals surface area contributed by atoms with Gasteiger partial charge >= 0.3 is 5.69 Å². The van der Waals surface area contributed by atoms with Crippen LogP contribution in [0.2, 0.25) is 5.02 Å². The number of nitro benzene ring substituents is 1. The summed E-state index contributed by atoms with van der Waals surface area (Å²) >= 11 is 5.68. The van der Waals surface area contributed by atoms with Crippen LogP contribution in [0.5, 0.6) is 0 Å². The number of H-pyrrole nitrogens is 1. The molecule has 10 heteroatoms. The van der Waals surface area contributed by atoms with E-state index in [9.17, 15) is 24.5 Å². The van der Waals surface area contributed by atoms with Crippen molar-refractivity contribution in [1.29, 1.82) is 0 Å². The third kappa shape index (κ3) is 4.27. The fourth-order valence-electron chi connectivity index (χ4n) is 1.80. The molecular weight excluding hydrogens is 328 g/mol. The van der Waals surface area contributed by atoms with E-state index in [1.807, 2.05) is 0 Å². The van der Waals surface area contributed by atoms with Gasteiger partial charge in [-0.15, -0.1) is 0 Å². The first-order valence-electron chi connectivity index (χ1n) is 6.40. The number of halogens is 1. The molecule has 0 spiro atoms. The number of carbonyl (C=O) groups excluding carboxylic acids is 1. The van der Waals surface area contributed by atoms with Gasteiger partial charge in [-0.1, -0.05) is 11.6 Å². The molecule has 0 atom stereocenters. The van der Waals surface area contributed by atoms with E-state index in [1.54, 1.807) is 0 Å². The largest absolute Gasteiger partial charge is 0.328 e. The third-order valence-electron chi connectivity index (χ3n) is 2.90. The van der Waals surface area contributed by atoms with Crippen LogP contribution < -0.4 is 16.6 Å². The molecule has 9 nitrogen and oxygen atoms in total. The standard InChI is InChI=1S/C13H11ClN4O5/c14-9-2-1-8(7-10(9)18(22)23)15-11(19)3-5-17-6-4-12(20)16-13(17)21/h1-2,4,6-7H,3,5H2,(H,15,19)(H,16,20,21). The quantitative estimate of drug-likeness (QED) is 0.624. The van der Waals surface area contributed by atoms with E-state index >= 15 is 0 Å². The molecular formula is C13H11ClN4O5. The van der Waals surface area contributed by atoms with Crippen molar-refractivity contribution in [2.75, 3.05) is 5.32 Å². The van der Waals surface area contributed by atoms with Crippen LogP contribution in [0, 0.1) is 10.1 Å². The second-order valence-corrected chi connectivity index (χ2v) is 4.93. The zero-order valence-corrected chi connectivity index (χ0v) is 12.4. The van der Waals surface area contributed by atoms with Crippen LogP contribution in [0.3, 0.4) is 0 Å². The zero-order chi connectivity index (χ0) is 17.0. The van der Waals surface area contributed by atoms with Crippen LogP contribution in [-0.4, -0.2) is 20.4 Å². The summed E-state index contributed by atoms with van der Waals surface area (Å²) in [5.41, 5.74) is -1.24. The molecule has 0 radical (unpaired) electrons. The molecule has 0 fully saturated rings. The van der Waals surface area contributed by atoms with E-state index in [4.69, 9.17) is 11.6 Å². The van der Waals surface area contributed by atoms with E-state index in [0.717, 1.165) is 6.07 Å². The number of aromatic amines is 1. The molecule has 2 rings (SSSR count). The highest BCUT2D eigenvalue weighted by Gasteiger charge is 2.14. The first kappa shape index (κ1) is 16.4. The Hall–Kier alpha value is -2.94. The van der Waals surface area contributed by atoms with Gasteiger partial charge in [0.1, 0.15) is 5.02 Å². The minimum absolute atomic E-state index is 0.0345. The highest BCUT2D eigenvalue weighted by Crippen LogP contribution is 2.27. The third-order valence-corrected chi connectivity index (χ3v) is 3.22. The Bertz CT molecular complexity index is 873. The lowest BCUT2D eigenvalue weighted by molar-refractivity contribution is -0.384. The Morgan fingerprint density at radius 2 is 2.09 bits per heavy atom. The molecule has 1 heterocycles. The minimum atomic E-state index is -0.655. The van der Waals surface area contributed by atoms with Crippen molar-refractivity contribution in [3.05, 3.63) is 66.4 Å². The van der Waals surface area contributed by atoms with Gasteiger partial charge in [0.2, 0.25) is 5.91 Å². The summed E-state index contributed by atoms with van der Waals surface area (Å²) in [6.45, 7) is 0.0527. The highest BCUT2D eigenvalue weighted by molar-refractivity contribution is 6.32. The van der Waals surface area contributed by atoms with E-state index in [1.165, 1.54) is 29.0 Å². The van der Waals surface area contributed by atoms with Crippen molar-refractivity contribution in [2.24, 2.45) is 0 Å². The summed E-state index contributed by atoms with van der Waals surface area (Å²) < 4.78 is 1.17. The van der Waals surface area contributed by atoms with Gasteiger partial charge in [0.25, 0.3) is 11.2 Å². The summed E-state index contributed by atoms with van der Waals surface area (Å²) in [6.07, 6.45) is 1.23. The fourth-order valence-corrected chi connectivity index (χ4v) is 1.98. The Kier molecular flexibility index (Phi) is 4.91. The van der Waals surface area contributed by atoms with Crippen LogP contribution >= 0.6 is 11.6 Å². The Balaban J connectivity index is 2.02. The topological polar surface area (TPSA) is 127 Å². The van der Waals surface area contributed by atoms with Crippen LogP contribution in [0.15, 0.2) is 40.1 Å². The lowest BCUT2D eigenvalue weighted by Crippen LogP contribution is -2.29. The summed E-state index contributed by atoms with van der Waals surface area (Å²) in [7, 11) is 0. The maximum atomic E-state index is 11.8. The molecule has 0 unspecified atom stereocenters. The summed E-state index contributed by atoms with van der Waals surface area (Å²) in [5, 5.41) is 13.2. The molecule has 0 aliphatic heterocycles. The van der Waals surface area contributed by atoms with Gasteiger partial charge in [-0.05, 0) is 12.1 Å². The van der Waals surface area contributed by atoms with Crippen LogP contribution in [0.4, 0.5) is 11.4 Å². The van der Waals surface area contributed by atoms with Crippen molar-refractivity contribution in [3.8, 4) is 0 Å². The molecule has 2 aromatic rings. The average Bonchev–Trinajstić information content (AvgIpc) is 2.48. The second kappa shape index (κ2) is 6.88. The predicted molar refractivity (Wildman–Crippen MR) is 82.7 cm³/mol. The Labute approximate surface area is 133 Å². The molecule has 1 aromatic carbocycles. The fraction of sp³-hybridized carbons (Fsp3) is 0.154. The van der Waals surface area contributed by atoms with Gasteiger partial charge in [-0.25, -0.2) is 4.79 Å². The number of aryl methyl sites for hydroxylation is 1. The molecule has 1 amide bonds. The van der Waals surface area contributed by atoms with Crippen molar-refractivity contribution in [2.45, 2.75) is 13.0 Å². The van der Waals surface area contributed by atoms with E-state index in [-0.39, 0.29) is 29.4 Å². The number of nitrogens with one attached hydrogen (secondary N) is 2. The zero-order valence-electron chi connectivity index (χ0n) is 11.6. The molecule has 0 aliphatic carbocycles. The number of hydrogen-bond acceptors (Lipinski definition) is 5. The van der Waals surface area contributed by atoms with Crippen molar-refractivity contribution in [3.63, 3.8) is 0 Å². The molecule has 1 aromatic heterocycles. The maximum absolute atomic E-state index is 11.8. The lowest BCUT2D eigenvalue weighted by atomic mass is 10.2. The average molecular weight is 339 g/mol. The van der Waals surface area contributed by atoms with Crippen molar-refractivity contribution < 1.29 is 9.72 Å². The second-order valence-electron chi connectivity index (χ2n) is 4.53. The van der Waals surface area contributed by atoms with Gasteiger partial charge in [-0.2, -0.15) is 0 Å². The first-order chi connectivity index (χ1) is 10.9. The summed E-state index contributed by atoms with van der Waals surface area (Å²) in [6, 6.07) is 5.05. The Morgan fingerprint density at radius 3 is 2.74 bits per heavy atom. The van der Waals surface area contributed by atoms with Crippen molar-refractivity contribution in [1.82, 2.24) is 9.55 Å². The molecule has 0 saturated heterocycles. The van der Waals surface area contributed by atoms with E-state index in [0.29, 0.717) is 0 Å². The van der Waals surface area contributed by atoms with Crippen LogP contribution in [0.25, 0.3) is 0 Å². The van der Waals surface area contributed by atoms with Gasteiger partial charge in [0, 0.05) is 37.0 Å². The normalized spacial score (nSPS) is 10.3. The molecule has 2 N–H and O–H groups in total. The van der Waals surface area contributed by atoms with Crippen LogP contribution in [-0.2, 0) is 11.3 Å². The van der Waals surface area contributed by atoms with Gasteiger partial charge in [0.15, 0.2) is 0 Å². The van der Waals surface area contributed by atoms with Crippen molar-refractivity contribution >= 4 is 28.9 Å². The monoisotopic (exact) mass is 338 g/mol. The lowest BCUT2D eigenvalue weighted by Gasteiger charge is -2.07. The number of rotatable bonds is 5. The SMILES string of the molecule is O=C(CCn1ccc(=O)[nH]c1=O)Nc1ccc(Cl)c([N+](=O)[O-])c1. The summed E-state index contributed by atoms with van der Waals surface area (Å²) in [5.74, 6) is -0.445. The van der Waals surface area contributed by atoms with Crippen LogP contribution in [0.1, 0.15) is 6.42 Å². The van der Waals surface area contributed by atoms with Gasteiger partial charge in [0.05, 0.1) is 4.92 Å².